The lowest BCUT2D eigenvalue weighted by Gasteiger charge is -2.39. The van der Waals surface area contributed by atoms with Gasteiger partial charge in [-0.1, -0.05) is 0 Å². The first-order valence-corrected chi connectivity index (χ1v) is 5.07. The van der Waals surface area contributed by atoms with Crippen molar-refractivity contribution in [2.75, 3.05) is 11.1 Å². The second kappa shape index (κ2) is 3.43. The van der Waals surface area contributed by atoms with Crippen molar-refractivity contribution in [1.29, 1.82) is 5.26 Å². The lowest BCUT2D eigenvalue weighted by Crippen LogP contribution is -2.42. The highest BCUT2D eigenvalue weighted by molar-refractivity contribution is 5.64. The summed E-state index contributed by atoms with van der Waals surface area (Å²) in [6.45, 7) is 2.16. The number of nitrogens with one attached hydrogen (secondary N) is 1. The third kappa shape index (κ3) is 1.86. The van der Waals surface area contributed by atoms with Gasteiger partial charge in [0, 0.05) is 11.7 Å². The molecule has 0 radical (unpaired) electrons. The maximum Gasteiger partial charge on any atom is 0.149 e. The number of hydrogen-bond acceptors (Lipinski definition) is 4. The van der Waals surface area contributed by atoms with Gasteiger partial charge in [0.15, 0.2) is 0 Å². The van der Waals surface area contributed by atoms with E-state index >= 15 is 0 Å². The average Bonchev–Trinajstić information content (AvgIpc) is 2.18. The molecule has 0 aromatic carbocycles. The number of nitrogens with two attached hydrogens (primary N) is 1. The van der Waals surface area contributed by atoms with Crippen LogP contribution in [0.5, 0.6) is 0 Å². The maximum atomic E-state index is 8.68. The van der Waals surface area contributed by atoms with Gasteiger partial charge >= 0.3 is 0 Å². The van der Waals surface area contributed by atoms with Crippen molar-refractivity contribution in [3.63, 3.8) is 0 Å². The van der Waals surface area contributed by atoms with Gasteiger partial charge in [-0.2, -0.15) is 5.26 Å². The second-order valence-corrected chi connectivity index (χ2v) is 4.31. The molecule has 0 bridgehead atoms. The van der Waals surface area contributed by atoms with E-state index in [4.69, 9.17) is 11.0 Å². The standard InChI is InChI=1S/C11H14N4/c1-11(3-2-4-11)15-10-9(13)5-8(6-12)7-14-10/h5,7H,2-4,13H2,1H3,(H,14,15). The Hall–Kier alpha value is -1.76. The van der Waals surface area contributed by atoms with Crippen LogP contribution in [0.1, 0.15) is 31.7 Å². The van der Waals surface area contributed by atoms with E-state index in [1.807, 2.05) is 6.07 Å². The predicted octanol–water partition coefficient (Wildman–Crippen LogP) is 1.89. The van der Waals surface area contributed by atoms with Gasteiger partial charge in [0.25, 0.3) is 0 Å². The average molecular weight is 202 g/mol. The molecule has 1 aliphatic carbocycles. The first-order valence-electron chi connectivity index (χ1n) is 5.07. The minimum absolute atomic E-state index is 0.134. The highest BCUT2D eigenvalue weighted by atomic mass is 15.1. The molecular formula is C11H14N4. The molecule has 4 nitrogen and oxygen atoms in total. The van der Waals surface area contributed by atoms with Crippen molar-refractivity contribution in [1.82, 2.24) is 4.98 Å². The molecule has 0 atom stereocenters. The van der Waals surface area contributed by atoms with Gasteiger partial charge in [0.2, 0.25) is 0 Å². The SMILES string of the molecule is CC1(Nc2ncc(C#N)cc2N)CCC1. The van der Waals surface area contributed by atoms with Gasteiger partial charge in [-0.05, 0) is 32.3 Å². The summed E-state index contributed by atoms with van der Waals surface area (Å²) in [7, 11) is 0. The van der Waals surface area contributed by atoms with Crippen molar-refractivity contribution < 1.29 is 0 Å². The normalized spacial score (nSPS) is 17.6. The molecule has 0 amide bonds. The van der Waals surface area contributed by atoms with Crippen LogP contribution in [0.2, 0.25) is 0 Å². The number of hydrogen-bond donors (Lipinski definition) is 2. The molecule has 3 N–H and O–H groups in total. The summed E-state index contributed by atoms with van der Waals surface area (Å²) in [6, 6.07) is 3.67. The van der Waals surface area contributed by atoms with Crippen LogP contribution in [-0.2, 0) is 0 Å². The van der Waals surface area contributed by atoms with Crippen LogP contribution >= 0.6 is 0 Å². The number of nitrogens with zero attached hydrogens (tertiary/aromatic N) is 2. The summed E-state index contributed by atoms with van der Waals surface area (Å²) in [5, 5.41) is 12.0. The molecule has 0 aliphatic heterocycles. The van der Waals surface area contributed by atoms with Crippen molar-refractivity contribution in [3.8, 4) is 6.07 Å². The monoisotopic (exact) mass is 202 g/mol. The largest absolute Gasteiger partial charge is 0.396 e. The van der Waals surface area contributed by atoms with E-state index in [1.165, 1.54) is 6.42 Å². The van der Waals surface area contributed by atoms with Gasteiger partial charge in [0.05, 0.1) is 11.3 Å². The van der Waals surface area contributed by atoms with Crippen molar-refractivity contribution >= 4 is 11.5 Å². The highest BCUT2D eigenvalue weighted by Crippen LogP contribution is 2.35. The number of nitriles is 1. The molecule has 1 aromatic rings. The summed E-state index contributed by atoms with van der Waals surface area (Å²) in [5.74, 6) is 0.691. The second-order valence-electron chi connectivity index (χ2n) is 4.31. The van der Waals surface area contributed by atoms with E-state index in [-0.39, 0.29) is 5.54 Å². The Morgan fingerprint density at radius 2 is 2.33 bits per heavy atom. The molecule has 15 heavy (non-hydrogen) atoms. The molecule has 1 heterocycles. The Labute approximate surface area is 89.1 Å². The lowest BCUT2D eigenvalue weighted by molar-refractivity contribution is 0.306. The Balaban J connectivity index is 2.19. The van der Waals surface area contributed by atoms with Crippen LogP contribution in [-0.4, -0.2) is 10.5 Å². The van der Waals surface area contributed by atoms with Crippen molar-refractivity contribution in [2.45, 2.75) is 31.7 Å². The molecule has 0 saturated heterocycles. The van der Waals surface area contributed by atoms with Gasteiger partial charge in [-0.25, -0.2) is 4.98 Å². The summed E-state index contributed by atoms with van der Waals surface area (Å²) >= 11 is 0. The third-order valence-electron chi connectivity index (χ3n) is 2.92. The van der Waals surface area contributed by atoms with Crippen LogP contribution in [0.15, 0.2) is 12.3 Å². The smallest absolute Gasteiger partial charge is 0.149 e. The molecule has 1 aliphatic rings. The molecular weight excluding hydrogens is 188 g/mol. The number of aromatic nitrogens is 1. The van der Waals surface area contributed by atoms with Crippen LogP contribution in [0, 0.1) is 11.3 Å². The van der Waals surface area contributed by atoms with Crippen molar-refractivity contribution in [3.05, 3.63) is 17.8 Å². The fourth-order valence-corrected chi connectivity index (χ4v) is 1.77. The van der Waals surface area contributed by atoms with E-state index in [0.29, 0.717) is 17.1 Å². The fraction of sp³-hybridized carbons (Fsp3) is 0.455. The minimum atomic E-state index is 0.134. The Morgan fingerprint density at radius 1 is 1.60 bits per heavy atom. The molecule has 78 valence electrons. The molecule has 1 aromatic heterocycles. The molecule has 0 spiro atoms. The number of pyridine rings is 1. The first kappa shape index (κ1) is 9.78. The number of anilines is 2. The summed E-state index contributed by atoms with van der Waals surface area (Å²) in [6.07, 6.45) is 5.09. The third-order valence-corrected chi connectivity index (χ3v) is 2.92. The minimum Gasteiger partial charge on any atom is -0.396 e. The summed E-state index contributed by atoms with van der Waals surface area (Å²) < 4.78 is 0. The first-order chi connectivity index (χ1) is 7.13. The topological polar surface area (TPSA) is 74.7 Å². The van der Waals surface area contributed by atoms with Gasteiger partial charge in [-0.3, -0.25) is 0 Å². The zero-order chi connectivity index (χ0) is 10.9. The Morgan fingerprint density at radius 3 is 2.80 bits per heavy atom. The van der Waals surface area contributed by atoms with Crippen LogP contribution in [0.25, 0.3) is 0 Å². The van der Waals surface area contributed by atoms with Gasteiger partial charge in [-0.15, -0.1) is 0 Å². The predicted molar refractivity (Wildman–Crippen MR) is 59.2 cm³/mol. The quantitative estimate of drug-likeness (QED) is 0.768. The van der Waals surface area contributed by atoms with E-state index in [1.54, 1.807) is 12.3 Å². The fourth-order valence-electron chi connectivity index (χ4n) is 1.77. The van der Waals surface area contributed by atoms with E-state index in [2.05, 4.69) is 17.2 Å². The zero-order valence-electron chi connectivity index (χ0n) is 8.75. The molecule has 0 unspecified atom stereocenters. The summed E-state index contributed by atoms with van der Waals surface area (Å²) in [5.41, 5.74) is 6.98. The van der Waals surface area contributed by atoms with Crippen LogP contribution in [0.4, 0.5) is 11.5 Å². The molecule has 1 saturated carbocycles. The van der Waals surface area contributed by atoms with Crippen LogP contribution in [0.3, 0.4) is 0 Å². The lowest BCUT2D eigenvalue weighted by atomic mass is 9.78. The van der Waals surface area contributed by atoms with E-state index < -0.39 is 0 Å². The molecule has 2 rings (SSSR count). The van der Waals surface area contributed by atoms with Crippen LogP contribution < -0.4 is 11.1 Å². The van der Waals surface area contributed by atoms with Gasteiger partial charge < -0.3 is 11.1 Å². The van der Waals surface area contributed by atoms with E-state index in [0.717, 1.165) is 12.8 Å². The molecule has 1 fully saturated rings. The maximum absolute atomic E-state index is 8.68. The van der Waals surface area contributed by atoms with Gasteiger partial charge in [0.1, 0.15) is 11.9 Å². The molecule has 4 heteroatoms. The highest BCUT2D eigenvalue weighted by Gasteiger charge is 2.32. The Kier molecular flexibility index (Phi) is 2.24. The zero-order valence-corrected chi connectivity index (χ0v) is 8.75. The number of rotatable bonds is 2. The Bertz CT molecular complexity index is 415. The van der Waals surface area contributed by atoms with E-state index in [9.17, 15) is 0 Å². The summed E-state index contributed by atoms with van der Waals surface area (Å²) in [4.78, 5) is 4.16. The van der Waals surface area contributed by atoms with Crippen molar-refractivity contribution in [2.24, 2.45) is 0 Å². The number of nitrogen functional groups attached to an aromatic ring is 1.